The molecule has 0 amide bonds. The quantitative estimate of drug-likeness (QED) is 0.0156. The van der Waals surface area contributed by atoms with Crippen LogP contribution in [-0.4, -0.2) is 76.3 Å². The van der Waals surface area contributed by atoms with Gasteiger partial charge in [-0.05, 0) is 77.4 Å². The van der Waals surface area contributed by atoms with Gasteiger partial charge in [0.1, 0.15) is 6.10 Å². The van der Waals surface area contributed by atoms with Crippen LogP contribution in [0.5, 0.6) is 0 Å². The molecule has 0 aromatic carbocycles. The molecule has 0 fully saturated rings. The van der Waals surface area contributed by atoms with Crippen molar-refractivity contribution in [3.8, 4) is 0 Å². The van der Waals surface area contributed by atoms with Gasteiger partial charge >= 0.3 is 5.97 Å². The van der Waals surface area contributed by atoms with E-state index in [-0.39, 0.29) is 12.1 Å². The van der Waals surface area contributed by atoms with Gasteiger partial charge in [-0.1, -0.05) is 182 Å². The van der Waals surface area contributed by atoms with Crippen molar-refractivity contribution in [3.63, 3.8) is 0 Å². The van der Waals surface area contributed by atoms with E-state index in [1.54, 1.807) is 14.2 Å². The number of guanidine groups is 1. The van der Waals surface area contributed by atoms with Crippen molar-refractivity contribution in [2.24, 2.45) is 4.99 Å². The average molecular weight is 825 g/mol. The van der Waals surface area contributed by atoms with E-state index in [4.69, 9.17) is 9.57 Å². The molecule has 0 heterocycles. The van der Waals surface area contributed by atoms with Crippen LogP contribution in [0.3, 0.4) is 0 Å². The van der Waals surface area contributed by atoms with Gasteiger partial charge in [-0.15, -0.1) is 0 Å². The van der Waals surface area contributed by atoms with Crippen molar-refractivity contribution in [2.75, 3.05) is 46.9 Å². The molecule has 9 nitrogen and oxygen atoms in total. The fraction of sp³-hybridized carbons (Fsp3) is 0.939. The Bertz CT molecular complexity index is 830. The number of hydroxylamine groups is 1. The molecule has 0 rings (SSSR count). The molecule has 2 N–H and O–H groups in total. The van der Waals surface area contributed by atoms with Crippen LogP contribution in [0.25, 0.3) is 0 Å². The van der Waals surface area contributed by atoms with Crippen molar-refractivity contribution in [2.45, 2.75) is 252 Å². The molecule has 346 valence electrons. The molecule has 0 saturated heterocycles. The largest absolute Gasteiger partial charge is 0.468 e. The Kier molecular flexibility index (Phi) is 51.5. The molecular formula is C49H100N4O5. The van der Waals surface area contributed by atoms with Crippen molar-refractivity contribution in [3.05, 3.63) is 0 Å². The third kappa shape index (κ3) is 46.8. The lowest BCUT2D eigenvalue weighted by molar-refractivity contribution is -0.150. The molecule has 0 aliphatic rings. The third-order valence-electron chi connectivity index (χ3n) is 11.0. The van der Waals surface area contributed by atoms with Gasteiger partial charge in [-0.25, -0.2) is 5.48 Å². The number of carbonyl (C=O) groups is 2. The summed E-state index contributed by atoms with van der Waals surface area (Å²) in [4.78, 5) is 34.3. The molecule has 0 radical (unpaired) electrons. The number of hydrogen-bond acceptors (Lipinski definition) is 7. The number of esters is 1. The Morgan fingerprint density at radius 3 is 1.43 bits per heavy atom. The highest BCUT2D eigenvalue weighted by Gasteiger charge is 2.14. The Hall–Kier alpha value is -1.87. The Balaban J connectivity index is 0. The number of unbranched alkanes of at least 4 members (excludes halogenated alkanes) is 25. The zero-order valence-corrected chi connectivity index (χ0v) is 39.7. The molecule has 9 heteroatoms. The first-order valence-corrected chi connectivity index (χ1v) is 25.0. The van der Waals surface area contributed by atoms with Crippen LogP contribution in [0, 0.1) is 0 Å². The minimum Gasteiger partial charge on any atom is -0.468 e. The SMILES string of the molecule is CCCCCCCCC(CCCCCCCC)OC(=O)CCCCCCCN(CCCCCCCC)CCCNC(=NC)NOC.CCCCCCCCCOC=O. The molecule has 0 unspecified atom stereocenters. The third-order valence-corrected chi connectivity index (χ3v) is 11.0. The molecule has 58 heavy (non-hydrogen) atoms. The second-order valence-corrected chi connectivity index (χ2v) is 16.6. The van der Waals surface area contributed by atoms with E-state index in [9.17, 15) is 9.59 Å². The smallest absolute Gasteiger partial charge is 0.306 e. The molecule has 0 atom stereocenters. The lowest BCUT2D eigenvalue weighted by Gasteiger charge is -2.22. The van der Waals surface area contributed by atoms with E-state index in [0.717, 1.165) is 51.6 Å². The summed E-state index contributed by atoms with van der Waals surface area (Å²) < 4.78 is 10.6. The fourth-order valence-electron chi connectivity index (χ4n) is 7.36. The van der Waals surface area contributed by atoms with Crippen LogP contribution in [0.4, 0.5) is 0 Å². The molecule has 0 bridgehead atoms. The second-order valence-electron chi connectivity index (χ2n) is 16.6. The van der Waals surface area contributed by atoms with Gasteiger partial charge in [0, 0.05) is 20.0 Å². The van der Waals surface area contributed by atoms with Crippen molar-refractivity contribution >= 4 is 18.4 Å². The zero-order chi connectivity index (χ0) is 42.8. The summed E-state index contributed by atoms with van der Waals surface area (Å²) in [6.45, 7) is 14.5. The number of carbonyl (C=O) groups excluding carboxylic acids is 2. The van der Waals surface area contributed by atoms with E-state index < -0.39 is 0 Å². The van der Waals surface area contributed by atoms with Gasteiger partial charge < -0.3 is 19.7 Å². The predicted octanol–water partition coefficient (Wildman–Crippen LogP) is 13.4. The maximum absolute atomic E-state index is 12.7. The van der Waals surface area contributed by atoms with Gasteiger partial charge in [-0.2, -0.15) is 0 Å². The number of aliphatic imine (C=N–C) groups is 1. The van der Waals surface area contributed by atoms with Gasteiger partial charge in [-0.3, -0.25) is 19.4 Å². The minimum absolute atomic E-state index is 0.0395. The summed E-state index contributed by atoms with van der Waals surface area (Å²) >= 11 is 0. The summed E-state index contributed by atoms with van der Waals surface area (Å²) in [7, 11) is 3.36. The lowest BCUT2D eigenvalue weighted by atomic mass is 10.0. The highest BCUT2D eigenvalue weighted by atomic mass is 16.6. The molecule has 0 aromatic rings. The maximum Gasteiger partial charge on any atom is 0.306 e. The summed E-state index contributed by atoms with van der Waals surface area (Å²) in [5.74, 6) is 0.720. The van der Waals surface area contributed by atoms with Crippen LogP contribution in [0.2, 0.25) is 0 Å². The van der Waals surface area contributed by atoms with Gasteiger partial charge in [0.25, 0.3) is 6.47 Å². The number of ether oxygens (including phenoxy) is 2. The van der Waals surface area contributed by atoms with Crippen molar-refractivity contribution in [1.29, 1.82) is 0 Å². The Labute approximate surface area is 361 Å². The number of hydrogen-bond donors (Lipinski definition) is 2. The molecular weight excluding hydrogens is 725 g/mol. The van der Waals surface area contributed by atoms with Gasteiger partial charge in [0.15, 0.2) is 0 Å². The maximum atomic E-state index is 12.7. The number of nitrogens with zero attached hydrogens (tertiary/aromatic N) is 2. The van der Waals surface area contributed by atoms with Gasteiger partial charge in [0.2, 0.25) is 5.96 Å². The van der Waals surface area contributed by atoms with E-state index in [2.05, 4.69) is 53.1 Å². The molecule has 0 aromatic heterocycles. The normalized spacial score (nSPS) is 11.5. The number of nitrogens with one attached hydrogen (secondary N) is 2. The summed E-state index contributed by atoms with van der Waals surface area (Å²) in [5, 5.41) is 3.31. The average Bonchev–Trinajstić information content (AvgIpc) is 3.23. The molecule has 0 spiro atoms. The fourth-order valence-corrected chi connectivity index (χ4v) is 7.36. The zero-order valence-electron chi connectivity index (χ0n) is 39.7. The highest BCUT2D eigenvalue weighted by molar-refractivity contribution is 5.78. The first-order valence-electron chi connectivity index (χ1n) is 25.0. The van der Waals surface area contributed by atoms with Crippen LogP contribution in [0.15, 0.2) is 4.99 Å². The number of rotatable bonds is 44. The Morgan fingerprint density at radius 2 is 0.983 bits per heavy atom. The lowest BCUT2D eigenvalue weighted by Crippen LogP contribution is -2.38. The van der Waals surface area contributed by atoms with E-state index >= 15 is 0 Å². The van der Waals surface area contributed by atoms with Crippen LogP contribution >= 0.6 is 0 Å². The molecule has 0 aliphatic carbocycles. The van der Waals surface area contributed by atoms with Crippen molar-refractivity contribution in [1.82, 2.24) is 15.7 Å². The summed E-state index contributed by atoms with van der Waals surface area (Å²) in [6.07, 6.45) is 42.1. The minimum atomic E-state index is 0.0395. The molecule has 0 aliphatic heterocycles. The first kappa shape index (κ1) is 58.2. The summed E-state index contributed by atoms with van der Waals surface area (Å²) in [5.41, 5.74) is 2.78. The van der Waals surface area contributed by atoms with Crippen LogP contribution in [-0.2, 0) is 23.9 Å². The monoisotopic (exact) mass is 825 g/mol. The van der Waals surface area contributed by atoms with Gasteiger partial charge in [0.05, 0.1) is 13.7 Å². The highest BCUT2D eigenvalue weighted by Crippen LogP contribution is 2.18. The van der Waals surface area contributed by atoms with E-state index in [1.807, 2.05) is 0 Å². The van der Waals surface area contributed by atoms with Crippen LogP contribution in [0.1, 0.15) is 246 Å². The van der Waals surface area contributed by atoms with Crippen LogP contribution < -0.4 is 10.8 Å². The Morgan fingerprint density at radius 1 is 0.569 bits per heavy atom. The standard InChI is InChI=1S/C39H80N4O3.C10H20O2/c1-6-9-12-15-19-24-30-37(31-25-20-16-13-10-7-2)46-38(44)32-26-21-18-23-28-35-43(34-27-22-17-14-11-8-3)36-29-33-41-39(40-4)42-45-5;1-2-3-4-5-6-7-8-9-12-10-11/h37H,6-36H2,1-5H3,(H2,40,41,42);10H,2-9H2,1H3. The predicted molar refractivity (Wildman–Crippen MR) is 250 cm³/mol. The second kappa shape index (κ2) is 51.3. The van der Waals surface area contributed by atoms with Crippen molar-refractivity contribution < 1.29 is 23.9 Å². The molecule has 0 saturated carbocycles. The summed E-state index contributed by atoms with van der Waals surface area (Å²) in [6, 6.07) is 0. The van der Waals surface area contributed by atoms with E-state index in [1.165, 1.54) is 186 Å². The topological polar surface area (TPSA) is 101 Å². The first-order chi connectivity index (χ1) is 28.5. The van der Waals surface area contributed by atoms with E-state index in [0.29, 0.717) is 25.5 Å².